The molecule has 1 amide bonds. The van der Waals surface area contributed by atoms with Gasteiger partial charge in [0.15, 0.2) is 0 Å². The maximum absolute atomic E-state index is 10.5. The second kappa shape index (κ2) is 2.43. The van der Waals surface area contributed by atoms with Gasteiger partial charge < -0.3 is 5.73 Å². The molecule has 0 fully saturated rings. The first-order valence-corrected chi connectivity index (χ1v) is 3.69. The minimum absolute atomic E-state index is 0.285. The molecule has 0 saturated carbocycles. The van der Waals surface area contributed by atoms with E-state index < -0.39 is 0 Å². The molecule has 0 aromatic carbocycles. The predicted octanol–water partition coefficient (Wildman–Crippen LogP) is -1.26. The summed E-state index contributed by atoms with van der Waals surface area (Å²) in [5.74, 6) is 6.75. The lowest BCUT2D eigenvalue weighted by Crippen LogP contribution is -2.46. The molecule has 0 bridgehead atoms. The number of carbonyl (C=O) groups is 1. The molecule has 9 heavy (non-hydrogen) atoms. The third kappa shape index (κ3) is 1.27. The van der Waals surface area contributed by atoms with Crippen molar-refractivity contribution >= 4 is 20.0 Å². The van der Waals surface area contributed by atoms with E-state index in [-0.39, 0.29) is 11.9 Å². The highest BCUT2D eigenvalue weighted by atomic mass is 31.1. The van der Waals surface area contributed by atoms with Crippen LogP contribution in [0.5, 0.6) is 0 Å². The maximum atomic E-state index is 10.5. The van der Waals surface area contributed by atoms with Crippen LogP contribution in [0.1, 0.15) is 0 Å². The van der Waals surface area contributed by atoms with E-state index in [2.05, 4.69) is 0 Å². The van der Waals surface area contributed by atoms with E-state index in [0.29, 0.717) is 0 Å². The van der Waals surface area contributed by atoms with Crippen molar-refractivity contribution in [2.45, 2.75) is 6.04 Å². The van der Waals surface area contributed by atoms with E-state index in [1.807, 2.05) is 0 Å². The van der Waals surface area contributed by atoms with Crippen LogP contribution in [0.4, 0.5) is 0 Å². The number of carbonyl (C=O) groups excluding carboxylic acids is 1. The molecule has 1 aliphatic rings. The van der Waals surface area contributed by atoms with E-state index >= 15 is 0 Å². The summed E-state index contributed by atoms with van der Waals surface area (Å²) in [5, 5.41) is 1.36. The van der Waals surface area contributed by atoms with Crippen LogP contribution >= 0.6 is 8.20 Å². The Bertz CT molecular complexity index is 158. The van der Waals surface area contributed by atoms with Crippen molar-refractivity contribution in [2.75, 3.05) is 6.16 Å². The Morgan fingerprint density at radius 3 is 2.78 bits per heavy atom. The Hall–Kier alpha value is -0.440. The standard InChI is InChI=1S/C4H8N3OP/c5-4(8)3-1-9-2-7(3)6/h2-3H,1,6H2,(H2,5,8). The number of hydrogen-bond donors (Lipinski definition) is 2. The van der Waals surface area contributed by atoms with Crippen LogP contribution in [0.15, 0.2) is 0 Å². The lowest BCUT2D eigenvalue weighted by atomic mass is 10.3. The van der Waals surface area contributed by atoms with E-state index in [1.54, 1.807) is 5.92 Å². The van der Waals surface area contributed by atoms with Crippen molar-refractivity contribution < 1.29 is 4.79 Å². The van der Waals surface area contributed by atoms with Gasteiger partial charge in [0.2, 0.25) is 5.91 Å². The Morgan fingerprint density at radius 1 is 1.89 bits per heavy atom. The fourth-order valence-electron chi connectivity index (χ4n) is 0.653. The Balaban J connectivity index is 2.55. The number of hydrogen-bond acceptors (Lipinski definition) is 3. The van der Waals surface area contributed by atoms with Gasteiger partial charge in [-0.1, -0.05) is 8.20 Å². The van der Waals surface area contributed by atoms with Crippen LogP contribution in [-0.2, 0) is 4.79 Å². The molecule has 0 spiro atoms. The lowest BCUT2D eigenvalue weighted by molar-refractivity contribution is -0.121. The summed E-state index contributed by atoms with van der Waals surface area (Å²) >= 11 is 0. The number of amides is 1. The Labute approximate surface area is 54.6 Å². The number of nitrogens with zero attached hydrogens (tertiary/aromatic N) is 1. The largest absolute Gasteiger partial charge is 0.368 e. The Kier molecular flexibility index (Phi) is 1.81. The summed E-state index contributed by atoms with van der Waals surface area (Å²) in [4.78, 5) is 10.5. The zero-order chi connectivity index (χ0) is 6.85. The highest BCUT2D eigenvalue weighted by molar-refractivity contribution is 7.39. The first kappa shape index (κ1) is 6.68. The molecule has 0 aromatic heterocycles. The van der Waals surface area contributed by atoms with Gasteiger partial charge in [-0.15, -0.1) is 0 Å². The predicted molar refractivity (Wildman–Crippen MR) is 36.9 cm³/mol. The molecule has 1 heterocycles. The van der Waals surface area contributed by atoms with Crippen molar-refractivity contribution in [3.63, 3.8) is 0 Å². The van der Waals surface area contributed by atoms with E-state index in [0.717, 1.165) is 14.4 Å². The third-order valence-electron chi connectivity index (χ3n) is 1.18. The summed E-state index contributed by atoms with van der Waals surface area (Å²) in [6, 6.07) is -0.285. The number of rotatable bonds is 1. The fourth-order valence-corrected chi connectivity index (χ4v) is 1.66. The van der Waals surface area contributed by atoms with Gasteiger partial charge in [-0.25, -0.2) is 5.01 Å². The van der Waals surface area contributed by atoms with Gasteiger partial charge in [0.25, 0.3) is 0 Å². The first-order valence-electron chi connectivity index (χ1n) is 2.54. The van der Waals surface area contributed by atoms with Crippen LogP contribution in [0, 0.1) is 0 Å². The van der Waals surface area contributed by atoms with E-state index in [4.69, 9.17) is 11.6 Å². The van der Waals surface area contributed by atoms with Gasteiger partial charge in [-0.2, -0.15) is 0 Å². The second-order valence-corrected chi connectivity index (χ2v) is 2.81. The minimum atomic E-state index is -0.348. The molecular weight excluding hydrogens is 137 g/mol. The van der Waals surface area contributed by atoms with Crippen molar-refractivity contribution in [3.05, 3.63) is 0 Å². The normalized spacial score (nSPS) is 28.8. The zero-order valence-corrected chi connectivity index (χ0v) is 5.71. The zero-order valence-electron chi connectivity index (χ0n) is 4.82. The second-order valence-electron chi connectivity index (χ2n) is 1.85. The van der Waals surface area contributed by atoms with Crippen LogP contribution in [0.3, 0.4) is 0 Å². The van der Waals surface area contributed by atoms with E-state index in [9.17, 15) is 4.79 Å². The van der Waals surface area contributed by atoms with Crippen molar-refractivity contribution in [3.8, 4) is 0 Å². The molecule has 1 unspecified atom stereocenters. The van der Waals surface area contributed by atoms with Crippen molar-refractivity contribution in [1.29, 1.82) is 0 Å². The smallest absolute Gasteiger partial charge is 0.237 e. The summed E-state index contributed by atoms with van der Waals surface area (Å²) in [7, 11) is 1.07. The fraction of sp³-hybridized carbons (Fsp3) is 0.500. The molecule has 5 heteroatoms. The SMILES string of the molecule is NC(=O)C1CP=CN1N. The monoisotopic (exact) mass is 145 g/mol. The number of nitrogens with two attached hydrogens (primary N) is 2. The van der Waals surface area contributed by atoms with Gasteiger partial charge in [0.05, 0.1) is 0 Å². The Morgan fingerprint density at radius 2 is 2.56 bits per heavy atom. The molecule has 1 rings (SSSR count). The average Bonchev–Trinajstić information content (AvgIpc) is 2.13. The quantitative estimate of drug-likeness (QED) is 0.357. The molecule has 50 valence electrons. The van der Waals surface area contributed by atoms with Gasteiger partial charge >= 0.3 is 0 Å². The third-order valence-corrected chi connectivity index (χ3v) is 2.17. The van der Waals surface area contributed by atoms with Gasteiger partial charge in [0, 0.05) is 12.1 Å². The molecule has 1 atom stereocenters. The van der Waals surface area contributed by atoms with E-state index in [1.165, 1.54) is 5.01 Å². The minimum Gasteiger partial charge on any atom is -0.368 e. The maximum Gasteiger partial charge on any atom is 0.237 e. The van der Waals surface area contributed by atoms with Crippen LogP contribution in [0.25, 0.3) is 0 Å². The van der Waals surface area contributed by atoms with Crippen LogP contribution in [0.2, 0.25) is 0 Å². The van der Waals surface area contributed by atoms with Gasteiger partial charge in [0.1, 0.15) is 6.04 Å². The summed E-state index contributed by atoms with van der Waals surface area (Å²) in [6.07, 6.45) is 0.728. The molecule has 0 saturated heterocycles. The summed E-state index contributed by atoms with van der Waals surface area (Å²) in [6.45, 7) is 0. The number of primary amides is 1. The van der Waals surface area contributed by atoms with Gasteiger partial charge in [-0.05, 0) is 0 Å². The summed E-state index contributed by atoms with van der Waals surface area (Å²) in [5.41, 5.74) is 5.00. The first-order chi connectivity index (χ1) is 4.22. The van der Waals surface area contributed by atoms with Crippen LogP contribution in [-0.4, -0.2) is 29.0 Å². The van der Waals surface area contributed by atoms with Crippen LogP contribution < -0.4 is 11.6 Å². The van der Waals surface area contributed by atoms with Crippen molar-refractivity contribution in [2.24, 2.45) is 11.6 Å². The molecule has 0 aromatic rings. The molecule has 4 N–H and O–H groups in total. The lowest BCUT2D eigenvalue weighted by Gasteiger charge is -2.12. The number of hydrazine groups is 1. The molecule has 0 aliphatic carbocycles. The highest BCUT2D eigenvalue weighted by Gasteiger charge is 2.22. The van der Waals surface area contributed by atoms with Gasteiger partial charge in [-0.3, -0.25) is 10.6 Å². The van der Waals surface area contributed by atoms with Crippen molar-refractivity contribution in [1.82, 2.24) is 5.01 Å². The topological polar surface area (TPSA) is 72.4 Å². The molecule has 0 radical (unpaired) electrons. The molecular formula is C4H8N3OP. The average molecular weight is 145 g/mol. The molecule has 1 aliphatic heterocycles. The summed E-state index contributed by atoms with van der Waals surface area (Å²) < 4.78 is 0. The molecule has 4 nitrogen and oxygen atoms in total. The highest BCUT2D eigenvalue weighted by Crippen LogP contribution is 2.10.